The normalized spacial score (nSPS) is 10.5. The standard InChI is InChI=1S/C15H19ClN4O/c16-13-5-1-2-6-14(13)19-15(21)11-17-7-3-4-9-20-10-8-18-12-20/h1-2,5-6,8,10,12,17H,3-4,7,9,11H2,(H,19,21). The van der Waals surface area contributed by atoms with Gasteiger partial charge in [0.05, 0.1) is 23.6 Å². The van der Waals surface area contributed by atoms with E-state index in [9.17, 15) is 4.79 Å². The number of carbonyl (C=O) groups is 1. The van der Waals surface area contributed by atoms with Crippen molar-refractivity contribution in [3.8, 4) is 0 Å². The Morgan fingerprint density at radius 3 is 2.90 bits per heavy atom. The van der Waals surface area contributed by atoms with Gasteiger partial charge in [-0.25, -0.2) is 4.98 Å². The second kappa shape index (κ2) is 8.44. The van der Waals surface area contributed by atoms with E-state index in [-0.39, 0.29) is 12.5 Å². The van der Waals surface area contributed by atoms with Crippen LogP contribution >= 0.6 is 11.6 Å². The number of rotatable bonds is 8. The molecule has 1 aromatic carbocycles. The van der Waals surface area contributed by atoms with Crippen LogP contribution in [0.3, 0.4) is 0 Å². The molecular weight excluding hydrogens is 288 g/mol. The number of amides is 1. The van der Waals surface area contributed by atoms with Gasteiger partial charge in [0.2, 0.25) is 5.91 Å². The molecule has 21 heavy (non-hydrogen) atoms. The highest BCUT2D eigenvalue weighted by Gasteiger charge is 2.04. The molecule has 0 saturated carbocycles. The summed E-state index contributed by atoms with van der Waals surface area (Å²) < 4.78 is 2.05. The first-order valence-corrected chi connectivity index (χ1v) is 7.34. The summed E-state index contributed by atoms with van der Waals surface area (Å²) >= 11 is 5.98. The first-order valence-electron chi connectivity index (χ1n) is 6.96. The van der Waals surface area contributed by atoms with Gasteiger partial charge in [0, 0.05) is 18.9 Å². The Kier molecular flexibility index (Phi) is 6.24. The zero-order valence-electron chi connectivity index (χ0n) is 11.8. The van der Waals surface area contributed by atoms with E-state index in [1.807, 2.05) is 29.2 Å². The average molecular weight is 307 g/mol. The maximum absolute atomic E-state index is 11.7. The molecule has 1 aromatic heterocycles. The smallest absolute Gasteiger partial charge is 0.238 e. The predicted molar refractivity (Wildman–Crippen MR) is 84.4 cm³/mol. The highest BCUT2D eigenvalue weighted by Crippen LogP contribution is 2.19. The zero-order valence-corrected chi connectivity index (χ0v) is 12.5. The molecule has 2 aromatic rings. The number of aromatic nitrogens is 2. The summed E-state index contributed by atoms with van der Waals surface area (Å²) in [5.41, 5.74) is 0.645. The Morgan fingerprint density at radius 1 is 1.29 bits per heavy atom. The van der Waals surface area contributed by atoms with Crippen molar-refractivity contribution in [2.45, 2.75) is 19.4 Å². The fraction of sp³-hybridized carbons (Fsp3) is 0.333. The molecule has 0 unspecified atom stereocenters. The van der Waals surface area contributed by atoms with Crippen LogP contribution in [0.4, 0.5) is 5.69 Å². The molecule has 0 spiro atoms. The maximum Gasteiger partial charge on any atom is 0.238 e. The van der Waals surface area contributed by atoms with Crippen molar-refractivity contribution >= 4 is 23.2 Å². The lowest BCUT2D eigenvalue weighted by atomic mass is 10.3. The summed E-state index contributed by atoms with van der Waals surface area (Å²) in [6, 6.07) is 7.20. The van der Waals surface area contributed by atoms with E-state index in [2.05, 4.69) is 15.6 Å². The number of nitrogens with zero attached hydrogens (tertiary/aromatic N) is 2. The largest absolute Gasteiger partial charge is 0.337 e. The lowest BCUT2D eigenvalue weighted by Crippen LogP contribution is -2.28. The van der Waals surface area contributed by atoms with E-state index in [4.69, 9.17) is 11.6 Å². The van der Waals surface area contributed by atoms with Crippen molar-refractivity contribution in [2.75, 3.05) is 18.4 Å². The van der Waals surface area contributed by atoms with Gasteiger partial charge in [-0.2, -0.15) is 0 Å². The van der Waals surface area contributed by atoms with Crippen molar-refractivity contribution in [1.29, 1.82) is 0 Å². The molecule has 5 nitrogen and oxygen atoms in total. The van der Waals surface area contributed by atoms with E-state index in [1.54, 1.807) is 18.3 Å². The van der Waals surface area contributed by atoms with Crippen LogP contribution in [0.5, 0.6) is 0 Å². The van der Waals surface area contributed by atoms with Crippen LogP contribution in [0.2, 0.25) is 5.02 Å². The van der Waals surface area contributed by atoms with Crippen LogP contribution in [0, 0.1) is 0 Å². The summed E-state index contributed by atoms with van der Waals surface area (Å²) in [7, 11) is 0. The van der Waals surface area contributed by atoms with Crippen LogP contribution in [0.25, 0.3) is 0 Å². The van der Waals surface area contributed by atoms with Gasteiger partial charge in [-0.1, -0.05) is 23.7 Å². The first-order chi connectivity index (χ1) is 10.3. The molecule has 0 atom stereocenters. The van der Waals surface area contributed by atoms with Crippen LogP contribution in [-0.2, 0) is 11.3 Å². The van der Waals surface area contributed by atoms with Crippen molar-refractivity contribution < 1.29 is 4.79 Å². The van der Waals surface area contributed by atoms with Crippen molar-refractivity contribution in [2.24, 2.45) is 0 Å². The molecule has 6 heteroatoms. The minimum atomic E-state index is -0.0855. The van der Waals surface area contributed by atoms with E-state index < -0.39 is 0 Å². The quantitative estimate of drug-likeness (QED) is 0.737. The molecule has 0 fully saturated rings. The van der Waals surface area contributed by atoms with Gasteiger partial charge in [0.25, 0.3) is 0 Å². The zero-order chi connectivity index (χ0) is 14.9. The summed E-state index contributed by atoms with van der Waals surface area (Å²) in [4.78, 5) is 15.7. The molecule has 2 N–H and O–H groups in total. The Bertz CT molecular complexity index is 557. The maximum atomic E-state index is 11.7. The average Bonchev–Trinajstić information content (AvgIpc) is 2.98. The van der Waals surface area contributed by atoms with Gasteiger partial charge >= 0.3 is 0 Å². The third-order valence-corrected chi connectivity index (χ3v) is 3.34. The van der Waals surface area contributed by atoms with Gasteiger partial charge in [0.15, 0.2) is 0 Å². The second-order valence-corrected chi connectivity index (χ2v) is 5.12. The lowest BCUT2D eigenvalue weighted by Gasteiger charge is -2.08. The third kappa shape index (κ3) is 5.57. The van der Waals surface area contributed by atoms with E-state index in [0.29, 0.717) is 10.7 Å². The third-order valence-electron chi connectivity index (χ3n) is 3.01. The highest BCUT2D eigenvalue weighted by molar-refractivity contribution is 6.33. The molecule has 0 bridgehead atoms. The Hall–Kier alpha value is -1.85. The van der Waals surface area contributed by atoms with Gasteiger partial charge < -0.3 is 15.2 Å². The molecule has 112 valence electrons. The number of carbonyl (C=O) groups excluding carboxylic acids is 1. The number of nitrogens with one attached hydrogen (secondary N) is 2. The fourth-order valence-electron chi connectivity index (χ4n) is 1.92. The number of halogens is 1. The summed E-state index contributed by atoms with van der Waals surface area (Å²) in [5, 5.41) is 6.45. The topological polar surface area (TPSA) is 59.0 Å². The van der Waals surface area contributed by atoms with E-state index in [1.165, 1.54) is 0 Å². The van der Waals surface area contributed by atoms with Crippen LogP contribution < -0.4 is 10.6 Å². The van der Waals surface area contributed by atoms with Gasteiger partial charge in [-0.3, -0.25) is 4.79 Å². The van der Waals surface area contributed by atoms with Crippen LogP contribution in [0.1, 0.15) is 12.8 Å². The monoisotopic (exact) mass is 306 g/mol. The molecule has 1 heterocycles. The van der Waals surface area contributed by atoms with Crippen molar-refractivity contribution in [3.63, 3.8) is 0 Å². The SMILES string of the molecule is O=C(CNCCCCn1ccnc1)Nc1ccccc1Cl. The molecule has 1 amide bonds. The molecule has 0 saturated heterocycles. The minimum Gasteiger partial charge on any atom is -0.337 e. The number of unbranched alkanes of at least 4 members (excludes halogenated alkanes) is 1. The predicted octanol–water partition coefficient (Wildman–Crippen LogP) is 2.54. The number of aryl methyl sites for hydroxylation is 1. The number of imidazole rings is 1. The number of hydrogen-bond donors (Lipinski definition) is 2. The fourth-order valence-corrected chi connectivity index (χ4v) is 2.11. The lowest BCUT2D eigenvalue weighted by molar-refractivity contribution is -0.115. The molecular formula is C15H19ClN4O. The summed E-state index contributed by atoms with van der Waals surface area (Å²) in [6.45, 7) is 2.05. The Morgan fingerprint density at radius 2 is 2.14 bits per heavy atom. The highest BCUT2D eigenvalue weighted by atomic mass is 35.5. The summed E-state index contributed by atoms with van der Waals surface area (Å²) in [6.07, 6.45) is 7.60. The Balaban J connectivity index is 1.56. The van der Waals surface area contributed by atoms with E-state index >= 15 is 0 Å². The van der Waals surface area contributed by atoms with Gasteiger partial charge in [0.1, 0.15) is 0 Å². The van der Waals surface area contributed by atoms with Crippen molar-refractivity contribution in [1.82, 2.24) is 14.9 Å². The van der Waals surface area contributed by atoms with Crippen LogP contribution in [0.15, 0.2) is 43.0 Å². The summed E-state index contributed by atoms with van der Waals surface area (Å²) in [5.74, 6) is -0.0855. The molecule has 0 aliphatic heterocycles. The molecule has 0 aliphatic carbocycles. The molecule has 0 aliphatic rings. The minimum absolute atomic E-state index is 0.0855. The molecule has 2 rings (SSSR count). The number of hydrogen-bond acceptors (Lipinski definition) is 3. The second-order valence-electron chi connectivity index (χ2n) is 4.71. The number of anilines is 1. The van der Waals surface area contributed by atoms with Gasteiger partial charge in [-0.15, -0.1) is 0 Å². The number of benzene rings is 1. The number of para-hydroxylation sites is 1. The van der Waals surface area contributed by atoms with E-state index in [0.717, 1.165) is 25.9 Å². The first kappa shape index (κ1) is 15.5. The molecule has 0 radical (unpaired) electrons. The van der Waals surface area contributed by atoms with Crippen molar-refractivity contribution in [3.05, 3.63) is 48.0 Å². The van der Waals surface area contributed by atoms with Crippen LogP contribution in [-0.4, -0.2) is 28.5 Å². The van der Waals surface area contributed by atoms with Gasteiger partial charge in [-0.05, 0) is 31.5 Å². The Labute approximate surface area is 129 Å².